The fourth-order valence-electron chi connectivity index (χ4n) is 1.80. The molecule has 0 unspecified atom stereocenters. The lowest BCUT2D eigenvalue weighted by molar-refractivity contribution is 0.621. The predicted octanol–water partition coefficient (Wildman–Crippen LogP) is 6.21. The van der Waals surface area contributed by atoms with Crippen LogP contribution in [0.4, 0.5) is 0 Å². The van der Waals surface area contributed by atoms with Crippen LogP contribution in [-0.4, -0.2) is 14.8 Å². The van der Waals surface area contributed by atoms with Crippen LogP contribution in [-0.2, 0) is 0 Å². The van der Waals surface area contributed by atoms with Crippen LogP contribution in [0.1, 0.15) is 38.5 Å². The quantitative estimate of drug-likeness (QED) is 0.269. The van der Waals surface area contributed by atoms with Crippen LogP contribution < -0.4 is 0 Å². The summed E-state index contributed by atoms with van der Waals surface area (Å²) in [5.41, 5.74) is 0. The van der Waals surface area contributed by atoms with Gasteiger partial charge in [-0.15, -0.1) is 0 Å². The highest BCUT2D eigenvalue weighted by molar-refractivity contribution is 7.19. The number of rotatable bonds is 9. The first-order valence-corrected chi connectivity index (χ1v) is 15.0. The van der Waals surface area contributed by atoms with E-state index < -0.39 is 14.8 Å². The van der Waals surface area contributed by atoms with Crippen molar-refractivity contribution in [2.24, 2.45) is 0 Å². The van der Waals surface area contributed by atoms with E-state index in [1.54, 1.807) is 0 Å². The Morgan fingerprint density at radius 3 is 1.06 bits per heavy atom. The van der Waals surface area contributed by atoms with E-state index in [2.05, 4.69) is 26.2 Å². The largest absolute Gasteiger partial charge is 0.168 e. The van der Waals surface area contributed by atoms with E-state index in [4.69, 9.17) is 22.2 Å². The lowest BCUT2D eigenvalue weighted by atomic mass is 10.1. The molecule has 0 aliphatic carbocycles. The predicted molar refractivity (Wildman–Crippen MR) is 84.0 cm³/mol. The van der Waals surface area contributed by atoms with Gasteiger partial charge in [0.2, 0.25) is 0 Å². The van der Waals surface area contributed by atoms with Crippen molar-refractivity contribution in [3.8, 4) is 0 Å². The zero-order valence-electron chi connectivity index (χ0n) is 11.4. The summed E-state index contributed by atoms with van der Waals surface area (Å²) in [6.45, 7) is 8.95. The second-order valence-electron chi connectivity index (χ2n) is 6.06. The molecule has 0 fully saturated rings. The minimum atomic E-state index is -1.30. The van der Waals surface area contributed by atoms with Crippen molar-refractivity contribution >= 4 is 36.9 Å². The van der Waals surface area contributed by atoms with Crippen molar-refractivity contribution < 1.29 is 0 Å². The third-order valence-corrected chi connectivity index (χ3v) is 7.01. The average molecular weight is 299 g/mol. The highest BCUT2D eigenvalue weighted by atomic mass is 35.6. The molecule has 0 spiro atoms. The smallest absolute Gasteiger partial charge is 0.150 e. The molecular weight excluding hydrogens is 271 g/mol. The standard InChI is InChI=1S/C12H28Cl2Si2/c1-15(2,13)11-9-7-5-6-8-10-12-16(3,4)14/h5-12H2,1-4H3. The van der Waals surface area contributed by atoms with Gasteiger partial charge in [-0.25, -0.2) is 0 Å². The molecule has 0 aromatic rings. The lowest BCUT2D eigenvalue weighted by Gasteiger charge is -2.13. The molecule has 0 atom stereocenters. The van der Waals surface area contributed by atoms with Crippen molar-refractivity contribution in [3.63, 3.8) is 0 Å². The van der Waals surface area contributed by atoms with Crippen LogP contribution in [0, 0.1) is 0 Å². The molecule has 98 valence electrons. The molecule has 0 N–H and O–H groups in total. The highest BCUT2D eigenvalue weighted by Gasteiger charge is 2.16. The SMILES string of the molecule is C[Si](C)(Cl)CCCCCCCC[Si](C)(C)Cl. The zero-order valence-corrected chi connectivity index (χ0v) is 14.9. The average Bonchev–Trinajstić information content (AvgIpc) is 2.06. The third kappa shape index (κ3) is 15.0. The lowest BCUT2D eigenvalue weighted by Crippen LogP contribution is -2.15. The summed E-state index contributed by atoms with van der Waals surface area (Å²) in [4.78, 5) is 0. The van der Waals surface area contributed by atoms with Gasteiger partial charge in [0.25, 0.3) is 0 Å². The van der Waals surface area contributed by atoms with E-state index in [1.807, 2.05) is 0 Å². The summed E-state index contributed by atoms with van der Waals surface area (Å²) in [5.74, 6) is 0. The van der Waals surface area contributed by atoms with Crippen LogP contribution >= 0.6 is 22.2 Å². The topological polar surface area (TPSA) is 0 Å². The Hall–Kier alpha value is 1.01. The van der Waals surface area contributed by atoms with Gasteiger partial charge in [-0.3, -0.25) is 0 Å². The van der Waals surface area contributed by atoms with E-state index in [0.29, 0.717) is 0 Å². The van der Waals surface area contributed by atoms with Gasteiger partial charge in [0.1, 0.15) is 14.8 Å². The molecule has 0 aliphatic heterocycles. The van der Waals surface area contributed by atoms with Gasteiger partial charge in [-0.2, -0.15) is 22.2 Å². The van der Waals surface area contributed by atoms with Gasteiger partial charge in [-0.1, -0.05) is 64.7 Å². The number of unbranched alkanes of at least 4 members (excludes halogenated alkanes) is 5. The summed E-state index contributed by atoms with van der Waals surface area (Å²) >= 11 is 12.5. The molecule has 0 heterocycles. The van der Waals surface area contributed by atoms with E-state index in [9.17, 15) is 0 Å². The second-order valence-corrected chi connectivity index (χ2v) is 20.1. The summed E-state index contributed by atoms with van der Waals surface area (Å²) in [6, 6.07) is 2.55. The summed E-state index contributed by atoms with van der Waals surface area (Å²) < 4.78 is 0. The highest BCUT2D eigenvalue weighted by Crippen LogP contribution is 2.21. The fourth-order valence-corrected chi connectivity index (χ4v) is 4.78. The fraction of sp³-hybridized carbons (Fsp3) is 1.00. The molecule has 0 aliphatic rings. The Kier molecular flexibility index (Phi) is 8.69. The van der Waals surface area contributed by atoms with E-state index >= 15 is 0 Å². The Balaban J connectivity index is 3.17. The monoisotopic (exact) mass is 298 g/mol. The van der Waals surface area contributed by atoms with Crippen molar-refractivity contribution in [3.05, 3.63) is 0 Å². The molecule has 0 saturated carbocycles. The molecule has 0 bridgehead atoms. The maximum atomic E-state index is 6.27. The molecule has 0 nitrogen and oxygen atoms in total. The summed E-state index contributed by atoms with van der Waals surface area (Å²) in [6.07, 6.45) is 8.16. The maximum absolute atomic E-state index is 6.27. The number of halogens is 2. The Morgan fingerprint density at radius 2 is 0.812 bits per heavy atom. The minimum absolute atomic E-state index is 1.27. The van der Waals surface area contributed by atoms with E-state index in [1.165, 1.54) is 50.6 Å². The minimum Gasteiger partial charge on any atom is -0.168 e. The van der Waals surface area contributed by atoms with Crippen LogP contribution in [0.25, 0.3) is 0 Å². The molecule has 0 saturated heterocycles. The molecule has 4 heteroatoms. The Labute approximate surface area is 114 Å². The number of hydrogen-bond acceptors (Lipinski definition) is 0. The van der Waals surface area contributed by atoms with Crippen LogP contribution in [0.2, 0.25) is 38.3 Å². The summed E-state index contributed by atoms with van der Waals surface area (Å²) in [7, 11) is -2.59. The van der Waals surface area contributed by atoms with Crippen molar-refractivity contribution in [2.45, 2.75) is 76.8 Å². The first-order valence-electron chi connectivity index (χ1n) is 6.59. The molecule has 0 radical (unpaired) electrons. The molecule has 0 aromatic heterocycles. The van der Waals surface area contributed by atoms with Crippen molar-refractivity contribution in [2.75, 3.05) is 0 Å². The molecule has 16 heavy (non-hydrogen) atoms. The van der Waals surface area contributed by atoms with Gasteiger partial charge < -0.3 is 0 Å². The Morgan fingerprint density at radius 1 is 0.562 bits per heavy atom. The first kappa shape index (κ1) is 17.0. The molecule has 0 aromatic carbocycles. The Bertz CT molecular complexity index is 151. The maximum Gasteiger partial charge on any atom is 0.150 e. The zero-order chi connectivity index (χ0) is 12.7. The van der Waals surface area contributed by atoms with Gasteiger partial charge in [0.05, 0.1) is 0 Å². The van der Waals surface area contributed by atoms with Crippen molar-refractivity contribution in [1.82, 2.24) is 0 Å². The number of hydrogen-bond donors (Lipinski definition) is 0. The van der Waals surface area contributed by atoms with Crippen molar-refractivity contribution in [1.29, 1.82) is 0 Å². The van der Waals surface area contributed by atoms with Gasteiger partial charge >= 0.3 is 0 Å². The molecular formula is C12H28Cl2Si2. The first-order chi connectivity index (χ1) is 7.21. The van der Waals surface area contributed by atoms with Gasteiger partial charge in [0.15, 0.2) is 0 Å². The second kappa shape index (κ2) is 8.17. The van der Waals surface area contributed by atoms with Gasteiger partial charge in [-0.05, 0) is 12.1 Å². The normalized spacial score (nSPS) is 13.1. The molecule has 0 amide bonds. The summed E-state index contributed by atoms with van der Waals surface area (Å²) in [5, 5.41) is 0. The third-order valence-electron chi connectivity index (χ3n) is 2.79. The van der Waals surface area contributed by atoms with Gasteiger partial charge in [0, 0.05) is 0 Å². The van der Waals surface area contributed by atoms with Crippen LogP contribution in [0.3, 0.4) is 0 Å². The van der Waals surface area contributed by atoms with E-state index in [0.717, 1.165) is 0 Å². The van der Waals surface area contributed by atoms with E-state index in [-0.39, 0.29) is 0 Å². The molecule has 0 rings (SSSR count). The van der Waals surface area contributed by atoms with Crippen LogP contribution in [0.5, 0.6) is 0 Å². The van der Waals surface area contributed by atoms with Crippen LogP contribution in [0.15, 0.2) is 0 Å².